The number of nitro groups is 2. The average molecular weight is 576 g/mol. The first-order valence-corrected chi connectivity index (χ1v) is 11.0. The lowest BCUT2D eigenvalue weighted by Crippen LogP contribution is -2.02. The zero-order chi connectivity index (χ0) is 24.8. The van der Waals surface area contributed by atoms with Gasteiger partial charge in [0.2, 0.25) is 0 Å². The van der Waals surface area contributed by atoms with Crippen LogP contribution in [0.4, 0.5) is 17.1 Å². The van der Waals surface area contributed by atoms with Gasteiger partial charge in [0, 0.05) is 6.07 Å². The first kappa shape index (κ1) is 24.9. The molecule has 0 saturated heterocycles. The van der Waals surface area contributed by atoms with Crippen LogP contribution < -0.4 is 14.9 Å². The Balaban J connectivity index is 1.78. The third-order valence-corrected chi connectivity index (χ3v) is 5.51. The van der Waals surface area contributed by atoms with Gasteiger partial charge in [0.05, 0.1) is 32.8 Å². The van der Waals surface area contributed by atoms with Gasteiger partial charge in [0.15, 0.2) is 11.5 Å². The van der Waals surface area contributed by atoms with Gasteiger partial charge in [-0.05, 0) is 65.8 Å². The van der Waals surface area contributed by atoms with Crippen molar-refractivity contribution in [2.75, 3.05) is 12.5 Å². The number of hydrazone groups is 1. The highest BCUT2D eigenvalue weighted by atomic mass is 127. The Morgan fingerprint density at radius 1 is 1.03 bits per heavy atom. The minimum atomic E-state index is -0.710. The second-order valence-corrected chi connectivity index (χ2v) is 8.57. The van der Waals surface area contributed by atoms with Gasteiger partial charge in [0.25, 0.3) is 5.69 Å². The number of hydrogen-bond acceptors (Lipinski definition) is 8. The van der Waals surface area contributed by atoms with Crippen molar-refractivity contribution in [1.29, 1.82) is 0 Å². The van der Waals surface area contributed by atoms with Gasteiger partial charge < -0.3 is 9.47 Å². The summed E-state index contributed by atoms with van der Waals surface area (Å²) < 4.78 is 12.3. The molecule has 3 aromatic carbocycles. The second kappa shape index (κ2) is 10.9. The average Bonchev–Trinajstić information content (AvgIpc) is 2.77. The molecule has 0 aromatic heterocycles. The topological polar surface area (TPSA) is 129 Å². The summed E-state index contributed by atoms with van der Waals surface area (Å²) in [4.78, 5) is 20.7. The van der Waals surface area contributed by atoms with E-state index < -0.39 is 15.5 Å². The fourth-order valence-electron chi connectivity index (χ4n) is 3.32. The zero-order valence-corrected chi connectivity index (χ0v) is 20.7. The molecular formula is C23H21IN4O6. The van der Waals surface area contributed by atoms with Crippen molar-refractivity contribution in [3.05, 3.63) is 94.6 Å². The predicted molar refractivity (Wildman–Crippen MR) is 137 cm³/mol. The van der Waals surface area contributed by atoms with E-state index in [0.29, 0.717) is 23.7 Å². The van der Waals surface area contributed by atoms with Crippen molar-refractivity contribution >= 4 is 45.9 Å². The molecule has 0 fully saturated rings. The van der Waals surface area contributed by atoms with Crippen LogP contribution >= 0.6 is 22.6 Å². The summed E-state index contributed by atoms with van der Waals surface area (Å²) in [5.74, 6) is 1.11. The minimum absolute atomic E-state index is 0.0295. The highest BCUT2D eigenvalue weighted by molar-refractivity contribution is 14.1. The van der Waals surface area contributed by atoms with Gasteiger partial charge in [-0.15, -0.1) is 0 Å². The second-order valence-electron chi connectivity index (χ2n) is 7.40. The molecule has 0 atom stereocenters. The van der Waals surface area contributed by atoms with Gasteiger partial charge in [-0.3, -0.25) is 25.7 Å². The number of nitro benzene ring substituents is 2. The molecule has 0 aliphatic carbocycles. The fraction of sp³-hybridized carbons (Fsp3) is 0.174. The van der Waals surface area contributed by atoms with Gasteiger partial charge in [-0.2, -0.15) is 5.10 Å². The Hall–Kier alpha value is -3.74. The summed E-state index contributed by atoms with van der Waals surface area (Å²) in [6.45, 7) is 4.45. The molecule has 10 nitrogen and oxygen atoms in total. The summed E-state index contributed by atoms with van der Waals surface area (Å²) >= 11 is 2.14. The molecule has 0 radical (unpaired) electrons. The molecule has 0 heterocycles. The van der Waals surface area contributed by atoms with Gasteiger partial charge in [0.1, 0.15) is 12.3 Å². The van der Waals surface area contributed by atoms with E-state index in [4.69, 9.17) is 9.47 Å². The number of hydrogen-bond donors (Lipinski definition) is 1. The van der Waals surface area contributed by atoms with Crippen molar-refractivity contribution in [2.45, 2.75) is 20.5 Å². The summed E-state index contributed by atoms with van der Waals surface area (Å²) in [7, 11) is 1.54. The summed E-state index contributed by atoms with van der Waals surface area (Å²) in [5, 5.41) is 26.2. The van der Waals surface area contributed by atoms with E-state index in [1.807, 2.05) is 19.9 Å². The molecule has 176 valence electrons. The molecule has 0 aliphatic rings. The molecule has 0 saturated carbocycles. The lowest BCUT2D eigenvalue weighted by atomic mass is 10.1. The third-order valence-electron chi connectivity index (χ3n) is 4.70. The van der Waals surface area contributed by atoms with E-state index in [2.05, 4.69) is 51.3 Å². The number of non-ortho nitro benzene ring substituents is 1. The molecule has 3 rings (SSSR count). The van der Waals surface area contributed by atoms with Crippen LogP contribution in [-0.2, 0) is 6.61 Å². The first-order valence-electron chi connectivity index (χ1n) is 9.97. The van der Waals surface area contributed by atoms with E-state index >= 15 is 0 Å². The number of aryl methyl sites for hydroxylation is 2. The van der Waals surface area contributed by atoms with E-state index in [9.17, 15) is 20.2 Å². The maximum Gasteiger partial charge on any atom is 0.301 e. The maximum absolute atomic E-state index is 11.3. The number of methoxy groups -OCH3 is 1. The SMILES string of the molecule is COc1cc(/C=N/Nc2ccc([N+](=O)[O-])cc2[N+](=O)[O-])cc(I)c1OCc1cc(C)cc(C)c1. The lowest BCUT2D eigenvalue weighted by Gasteiger charge is -2.14. The van der Waals surface area contributed by atoms with Crippen LogP contribution in [0, 0.1) is 37.6 Å². The molecule has 3 aromatic rings. The Kier molecular flexibility index (Phi) is 7.99. The van der Waals surface area contributed by atoms with Crippen molar-refractivity contribution in [1.82, 2.24) is 0 Å². The van der Waals surface area contributed by atoms with Crippen LogP contribution in [-0.4, -0.2) is 23.2 Å². The summed E-state index contributed by atoms with van der Waals surface area (Å²) in [5.41, 5.74) is 5.80. The number of halogens is 1. The molecule has 1 N–H and O–H groups in total. The summed E-state index contributed by atoms with van der Waals surface area (Å²) in [6.07, 6.45) is 1.46. The van der Waals surface area contributed by atoms with Crippen molar-refractivity contribution in [3.63, 3.8) is 0 Å². The molecule has 34 heavy (non-hydrogen) atoms. The van der Waals surface area contributed by atoms with E-state index in [1.54, 1.807) is 6.07 Å². The van der Waals surface area contributed by atoms with Crippen LogP contribution in [0.25, 0.3) is 0 Å². The van der Waals surface area contributed by atoms with Gasteiger partial charge in [-0.25, -0.2) is 0 Å². The molecule has 0 aliphatic heterocycles. The Labute approximate surface area is 209 Å². The Morgan fingerprint density at radius 2 is 1.74 bits per heavy atom. The maximum atomic E-state index is 11.3. The molecular weight excluding hydrogens is 555 g/mol. The number of nitrogens with zero attached hydrogens (tertiary/aromatic N) is 3. The minimum Gasteiger partial charge on any atom is -0.493 e. The van der Waals surface area contributed by atoms with E-state index in [-0.39, 0.29) is 11.4 Å². The van der Waals surface area contributed by atoms with Crippen molar-refractivity contribution in [3.8, 4) is 11.5 Å². The van der Waals surface area contributed by atoms with Gasteiger partial charge in [-0.1, -0.05) is 29.3 Å². The fourth-order valence-corrected chi connectivity index (χ4v) is 4.10. The molecule has 0 spiro atoms. The number of benzene rings is 3. The molecule has 0 bridgehead atoms. The standard InChI is InChI=1S/C23H21IN4O6/c1-14-6-15(2)8-17(7-14)13-34-23-19(24)9-16(10-22(23)33-3)12-25-26-20-5-4-18(27(29)30)11-21(20)28(31)32/h4-12,26H,13H2,1-3H3/b25-12+. The summed E-state index contributed by atoms with van der Waals surface area (Å²) in [6, 6.07) is 13.1. The highest BCUT2D eigenvalue weighted by Crippen LogP contribution is 2.34. The number of rotatable bonds is 9. The largest absolute Gasteiger partial charge is 0.493 e. The van der Waals surface area contributed by atoms with Crippen LogP contribution in [0.5, 0.6) is 11.5 Å². The number of anilines is 1. The highest BCUT2D eigenvalue weighted by Gasteiger charge is 2.19. The van der Waals surface area contributed by atoms with E-state index in [1.165, 1.54) is 25.5 Å². The van der Waals surface area contributed by atoms with Crippen LogP contribution in [0.2, 0.25) is 0 Å². The third kappa shape index (κ3) is 6.19. The van der Waals surface area contributed by atoms with Crippen LogP contribution in [0.3, 0.4) is 0 Å². The Bertz CT molecular complexity index is 1260. The first-order chi connectivity index (χ1) is 16.2. The molecule has 0 amide bonds. The monoisotopic (exact) mass is 576 g/mol. The van der Waals surface area contributed by atoms with Crippen LogP contribution in [0.15, 0.2) is 53.6 Å². The Morgan fingerprint density at radius 3 is 2.35 bits per heavy atom. The smallest absolute Gasteiger partial charge is 0.301 e. The normalized spacial score (nSPS) is 10.8. The van der Waals surface area contributed by atoms with Crippen molar-refractivity contribution < 1.29 is 19.3 Å². The van der Waals surface area contributed by atoms with Crippen LogP contribution in [0.1, 0.15) is 22.3 Å². The molecule has 11 heteroatoms. The van der Waals surface area contributed by atoms with E-state index in [0.717, 1.165) is 26.3 Å². The quantitative estimate of drug-likeness (QED) is 0.148. The number of nitrogens with one attached hydrogen (secondary N) is 1. The van der Waals surface area contributed by atoms with Crippen molar-refractivity contribution in [2.24, 2.45) is 5.10 Å². The predicted octanol–water partition coefficient (Wildman–Crippen LogP) is 5.76. The zero-order valence-electron chi connectivity index (χ0n) is 18.6. The van der Waals surface area contributed by atoms with Gasteiger partial charge >= 0.3 is 5.69 Å². The number of ether oxygens (including phenoxy) is 2. The lowest BCUT2D eigenvalue weighted by molar-refractivity contribution is -0.393. The molecule has 0 unspecified atom stereocenters.